The molecule has 0 atom stereocenters. The summed E-state index contributed by atoms with van der Waals surface area (Å²) in [5, 5.41) is 1.55. The Kier molecular flexibility index (Phi) is 6.48. The predicted molar refractivity (Wildman–Crippen MR) is 115 cm³/mol. The molecule has 0 aliphatic carbocycles. The number of ether oxygens (including phenoxy) is 2. The Labute approximate surface area is 190 Å². The van der Waals surface area contributed by atoms with Crippen molar-refractivity contribution in [2.75, 3.05) is 26.0 Å². The van der Waals surface area contributed by atoms with Crippen molar-refractivity contribution < 1.29 is 35.9 Å². The Morgan fingerprint density at radius 2 is 1.77 bits per heavy atom. The lowest BCUT2D eigenvalue weighted by molar-refractivity contribution is -0.137. The maximum absolute atomic E-state index is 13.0. The first kappa shape index (κ1) is 23.3. The molecule has 2 aromatic carbocycles. The van der Waals surface area contributed by atoms with E-state index in [0.29, 0.717) is 15.5 Å². The van der Waals surface area contributed by atoms with Gasteiger partial charge in [-0.25, -0.2) is 8.42 Å². The van der Waals surface area contributed by atoms with Gasteiger partial charge in [0.05, 0.1) is 35.9 Å². The molecule has 1 aliphatic heterocycles. The zero-order valence-electron chi connectivity index (χ0n) is 16.4. The minimum absolute atomic E-state index is 0.0244. The highest BCUT2D eigenvalue weighted by atomic mass is 127. The van der Waals surface area contributed by atoms with Crippen molar-refractivity contribution in [3.05, 3.63) is 51.2 Å². The maximum Gasteiger partial charge on any atom is 0.416 e. The number of sulfonamides is 1. The van der Waals surface area contributed by atoms with Crippen LogP contribution in [0.4, 0.5) is 18.9 Å². The monoisotopic (exact) mass is 571 g/mol. The number of anilines is 1. The number of hydrogen-bond donors (Lipinski definition) is 2. The number of nitrogens with one attached hydrogen (secondary N) is 2. The van der Waals surface area contributed by atoms with Crippen LogP contribution < -0.4 is 19.8 Å². The molecule has 13 heteroatoms. The Balaban J connectivity index is 2.12. The van der Waals surface area contributed by atoms with Crippen molar-refractivity contribution in [3.63, 3.8) is 0 Å². The molecule has 8 nitrogen and oxygen atoms in total. The fourth-order valence-electron chi connectivity index (χ4n) is 2.71. The SMILES string of the molecule is COc1cc(NS(=O)(=O)c2cccc(C(F)(F)F)c2)c(C2=C(I)N(C)NO2)cc1OC. The molecule has 0 bridgehead atoms. The maximum atomic E-state index is 13.0. The van der Waals surface area contributed by atoms with Gasteiger partial charge in [-0.05, 0) is 46.9 Å². The van der Waals surface area contributed by atoms with Gasteiger partial charge in [-0.2, -0.15) is 13.2 Å². The largest absolute Gasteiger partial charge is 0.493 e. The first-order valence-corrected chi connectivity index (χ1v) is 11.1. The number of rotatable bonds is 6. The van der Waals surface area contributed by atoms with Crippen LogP contribution in [0, 0.1) is 0 Å². The minimum atomic E-state index is -4.69. The summed E-state index contributed by atoms with van der Waals surface area (Å²) in [6.07, 6.45) is -4.69. The van der Waals surface area contributed by atoms with E-state index in [1.165, 1.54) is 26.4 Å². The van der Waals surface area contributed by atoms with E-state index in [4.69, 9.17) is 14.3 Å². The summed E-state index contributed by atoms with van der Waals surface area (Å²) in [4.78, 5) is 4.88. The van der Waals surface area contributed by atoms with Gasteiger partial charge in [0.25, 0.3) is 10.0 Å². The Bertz CT molecular complexity index is 1140. The van der Waals surface area contributed by atoms with Crippen molar-refractivity contribution in [1.29, 1.82) is 0 Å². The molecular weight excluding hydrogens is 554 g/mol. The van der Waals surface area contributed by atoms with Gasteiger partial charge >= 0.3 is 6.18 Å². The molecule has 0 unspecified atom stereocenters. The number of methoxy groups -OCH3 is 2. The first-order chi connectivity index (χ1) is 14.5. The number of nitrogens with zero attached hydrogens (tertiary/aromatic N) is 1. The van der Waals surface area contributed by atoms with E-state index in [0.717, 1.165) is 18.2 Å². The van der Waals surface area contributed by atoms with Gasteiger partial charge in [-0.3, -0.25) is 9.73 Å². The summed E-state index contributed by atoms with van der Waals surface area (Å²) in [5.74, 6) is 0.795. The van der Waals surface area contributed by atoms with Crippen molar-refractivity contribution in [2.45, 2.75) is 11.1 Å². The lowest BCUT2D eigenvalue weighted by Gasteiger charge is -2.17. The van der Waals surface area contributed by atoms with Crippen molar-refractivity contribution >= 4 is 44.1 Å². The highest BCUT2D eigenvalue weighted by Gasteiger charge is 2.32. The highest BCUT2D eigenvalue weighted by molar-refractivity contribution is 14.1. The third-order valence-corrected chi connectivity index (χ3v) is 6.83. The predicted octanol–water partition coefficient (Wildman–Crippen LogP) is 3.97. The van der Waals surface area contributed by atoms with E-state index in [-0.39, 0.29) is 22.8 Å². The van der Waals surface area contributed by atoms with E-state index in [2.05, 4.69) is 10.3 Å². The molecule has 3 rings (SSSR count). The molecule has 0 aromatic heterocycles. The Morgan fingerprint density at radius 1 is 1.13 bits per heavy atom. The number of halogens is 4. The van der Waals surface area contributed by atoms with Crippen LogP contribution in [0.3, 0.4) is 0 Å². The van der Waals surface area contributed by atoms with Crippen LogP contribution in [-0.4, -0.2) is 34.7 Å². The van der Waals surface area contributed by atoms with Crippen LogP contribution in [0.25, 0.3) is 5.76 Å². The number of hydrazine groups is 1. The molecule has 31 heavy (non-hydrogen) atoms. The average molecular weight is 571 g/mol. The molecule has 2 aromatic rings. The van der Waals surface area contributed by atoms with Crippen LogP contribution in [0.5, 0.6) is 11.5 Å². The zero-order valence-corrected chi connectivity index (χ0v) is 19.3. The third kappa shape index (κ3) is 4.77. The quantitative estimate of drug-likeness (QED) is 0.401. The molecule has 0 amide bonds. The number of alkyl halides is 3. The van der Waals surface area contributed by atoms with E-state index in [9.17, 15) is 21.6 Å². The van der Waals surface area contributed by atoms with Crippen molar-refractivity contribution in [3.8, 4) is 11.5 Å². The molecular formula is C18H17F3IN3O5S. The smallest absolute Gasteiger partial charge is 0.416 e. The fraction of sp³-hybridized carbons (Fsp3) is 0.222. The van der Waals surface area contributed by atoms with Gasteiger partial charge in [0.1, 0.15) is 3.70 Å². The lowest BCUT2D eigenvalue weighted by atomic mass is 10.1. The van der Waals surface area contributed by atoms with Gasteiger partial charge in [0.2, 0.25) is 0 Å². The summed E-state index contributed by atoms with van der Waals surface area (Å²) >= 11 is 1.99. The van der Waals surface area contributed by atoms with Crippen LogP contribution in [0.15, 0.2) is 45.0 Å². The van der Waals surface area contributed by atoms with E-state index in [1.807, 2.05) is 22.6 Å². The van der Waals surface area contributed by atoms with Crippen LogP contribution in [-0.2, 0) is 21.0 Å². The fourth-order valence-corrected chi connectivity index (χ4v) is 4.32. The van der Waals surface area contributed by atoms with Gasteiger partial charge in [0, 0.05) is 13.1 Å². The second kappa shape index (κ2) is 8.63. The zero-order chi connectivity index (χ0) is 23.0. The molecule has 168 valence electrons. The van der Waals surface area contributed by atoms with E-state index < -0.39 is 26.7 Å². The normalized spacial score (nSPS) is 14.5. The average Bonchev–Trinajstić information content (AvgIpc) is 3.05. The second-order valence-corrected chi connectivity index (χ2v) is 8.96. The molecule has 1 aliphatic rings. The van der Waals surface area contributed by atoms with Gasteiger partial charge in [0.15, 0.2) is 17.3 Å². The van der Waals surface area contributed by atoms with Gasteiger partial charge < -0.3 is 14.3 Å². The molecule has 0 radical (unpaired) electrons. The molecule has 0 saturated carbocycles. The number of hydrogen-bond acceptors (Lipinski definition) is 7. The summed E-state index contributed by atoms with van der Waals surface area (Å²) in [6.45, 7) is 0. The molecule has 1 heterocycles. The first-order valence-electron chi connectivity index (χ1n) is 8.50. The molecule has 0 fully saturated rings. The summed E-state index contributed by atoms with van der Waals surface area (Å²) in [7, 11) is 0.0760. The van der Waals surface area contributed by atoms with Crippen molar-refractivity contribution in [2.24, 2.45) is 0 Å². The molecule has 0 spiro atoms. The van der Waals surface area contributed by atoms with Gasteiger partial charge in [-0.1, -0.05) is 11.7 Å². The van der Waals surface area contributed by atoms with Crippen molar-refractivity contribution in [1.82, 2.24) is 10.6 Å². The number of benzene rings is 2. The van der Waals surface area contributed by atoms with E-state index in [1.54, 1.807) is 12.1 Å². The highest BCUT2D eigenvalue weighted by Crippen LogP contribution is 2.41. The Morgan fingerprint density at radius 3 is 2.32 bits per heavy atom. The standard InChI is InChI=1S/C18H17F3IN3O5S/c1-25-17(22)16(30-24-25)12-8-14(28-2)15(29-3)9-13(12)23-31(26,27)11-6-4-5-10(7-11)18(19,20)21/h4-9,23-24H,1-3H3. The second-order valence-electron chi connectivity index (χ2n) is 6.26. The Hall–Kier alpha value is -2.39. The van der Waals surface area contributed by atoms with Crippen LogP contribution in [0.1, 0.15) is 11.1 Å². The minimum Gasteiger partial charge on any atom is -0.493 e. The molecule has 2 N–H and O–H groups in total. The van der Waals surface area contributed by atoms with Crippen LogP contribution in [0.2, 0.25) is 0 Å². The van der Waals surface area contributed by atoms with Crippen LogP contribution >= 0.6 is 22.6 Å². The third-order valence-electron chi connectivity index (χ3n) is 4.25. The van der Waals surface area contributed by atoms with Gasteiger partial charge in [-0.15, -0.1) is 0 Å². The summed E-state index contributed by atoms with van der Waals surface area (Å²) in [6, 6.07) is 6.31. The topological polar surface area (TPSA) is 89.1 Å². The lowest BCUT2D eigenvalue weighted by Crippen LogP contribution is -2.24. The summed E-state index contributed by atoms with van der Waals surface area (Å²) in [5.41, 5.74) is 1.84. The summed E-state index contributed by atoms with van der Waals surface area (Å²) < 4.78 is 78.4. The molecule has 0 saturated heterocycles. The van der Waals surface area contributed by atoms with E-state index >= 15 is 0 Å².